The molecule has 1 aliphatic rings. The maximum atomic E-state index is 8.91. The molecule has 1 radical (unpaired) electrons. The predicted molar refractivity (Wildman–Crippen MR) is 209 cm³/mol. The van der Waals surface area contributed by atoms with Crippen molar-refractivity contribution in [2.24, 2.45) is 5.92 Å². The van der Waals surface area contributed by atoms with Crippen LogP contribution in [-0.4, -0.2) is 18.0 Å². The second-order valence-electron chi connectivity index (χ2n) is 13.6. The summed E-state index contributed by atoms with van der Waals surface area (Å²) in [6.45, 7) is 7.00. The molecular weight excluding hydrogens is 809 g/mol. The number of fused-ring (bicyclic) bond motifs is 3. The molecule has 8 rings (SSSR count). The second-order valence-corrected chi connectivity index (χ2v) is 19.8. The van der Waals surface area contributed by atoms with Crippen molar-refractivity contribution in [3.8, 4) is 33.6 Å². The van der Waals surface area contributed by atoms with Gasteiger partial charge in [-0.05, 0) is 62.2 Å². The monoisotopic (exact) mass is 853 g/mol. The van der Waals surface area contributed by atoms with E-state index >= 15 is 0 Å². The minimum absolute atomic E-state index is 0. The van der Waals surface area contributed by atoms with Gasteiger partial charge in [-0.1, -0.05) is 123 Å². The van der Waals surface area contributed by atoms with E-state index in [4.69, 9.17) is 2.74 Å². The van der Waals surface area contributed by atoms with E-state index in [1.54, 1.807) is 17.5 Å². The van der Waals surface area contributed by atoms with Gasteiger partial charge in [-0.2, -0.15) is 11.3 Å². The van der Waals surface area contributed by atoms with Crippen LogP contribution in [0.3, 0.4) is 0 Å². The summed E-state index contributed by atoms with van der Waals surface area (Å²) in [5, 5.41) is 3.84. The number of benzene rings is 4. The first-order chi connectivity index (χ1) is 24.2. The zero-order valence-electron chi connectivity index (χ0n) is 30.3. The van der Waals surface area contributed by atoms with Crippen LogP contribution in [0.25, 0.3) is 53.8 Å². The van der Waals surface area contributed by atoms with Gasteiger partial charge in [0.1, 0.15) is 0 Å². The Hall–Kier alpha value is -3.73. The van der Waals surface area contributed by atoms with E-state index in [0.717, 1.165) is 58.5 Å². The average molecular weight is 853 g/mol. The van der Waals surface area contributed by atoms with Crippen LogP contribution in [0.15, 0.2) is 122 Å². The van der Waals surface area contributed by atoms with Gasteiger partial charge in [0.25, 0.3) is 0 Å². The summed E-state index contributed by atoms with van der Waals surface area (Å²) in [7, 11) is -1.23. The van der Waals surface area contributed by atoms with E-state index in [9.17, 15) is 0 Å². The molecule has 2 nitrogen and oxygen atoms in total. The minimum Gasteiger partial charge on any atom is -0.305 e. The average Bonchev–Trinajstić information content (AvgIpc) is 3.54. The summed E-state index contributed by atoms with van der Waals surface area (Å²) < 4.78 is 20.2. The van der Waals surface area contributed by atoms with Gasteiger partial charge in [-0.3, -0.25) is 0 Å². The molecule has 0 unspecified atom stereocenters. The molecule has 0 saturated heterocycles. The van der Waals surface area contributed by atoms with Crippen LogP contribution in [0, 0.1) is 18.1 Å². The normalized spacial score (nSPS) is 14.3. The Balaban J connectivity index is 0.000000222. The molecule has 49 heavy (non-hydrogen) atoms. The molecule has 0 bridgehead atoms. The minimum atomic E-state index is -1.34. The molecule has 0 spiro atoms. The van der Waals surface area contributed by atoms with Gasteiger partial charge in [0.15, 0.2) is 0 Å². The van der Waals surface area contributed by atoms with Gasteiger partial charge in [0.2, 0.25) is 0 Å². The number of thiophene rings is 1. The van der Waals surface area contributed by atoms with E-state index in [2.05, 4.69) is 102 Å². The van der Waals surface area contributed by atoms with Gasteiger partial charge in [0.05, 0.1) is 8.07 Å². The molecule has 5 heteroatoms. The second kappa shape index (κ2) is 15.9. The fourth-order valence-corrected chi connectivity index (χ4v) is 8.71. The summed E-state index contributed by atoms with van der Waals surface area (Å²) in [5.41, 5.74) is 6.99. The number of hydrogen-bond donors (Lipinski definition) is 0. The predicted octanol–water partition coefficient (Wildman–Crippen LogP) is 11.8. The Labute approximate surface area is 312 Å². The Morgan fingerprint density at radius 1 is 0.755 bits per heavy atom. The van der Waals surface area contributed by atoms with E-state index in [0.29, 0.717) is 0 Å². The quantitative estimate of drug-likeness (QED) is 0.123. The fourth-order valence-electron chi connectivity index (χ4n) is 6.43. The molecule has 249 valence electrons. The number of hydrogen-bond acceptors (Lipinski definition) is 3. The third kappa shape index (κ3) is 8.36. The van der Waals surface area contributed by atoms with Gasteiger partial charge >= 0.3 is 0 Å². The van der Waals surface area contributed by atoms with Crippen LogP contribution in [0.5, 0.6) is 0 Å². The van der Waals surface area contributed by atoms with Crippen molar-refractivity contribution >= 4 is 44.8 Å². The molecule has 1 aliphatic carbocycles. The van der Waals surface area contributed by atoms with Crippen molar-refractivity contribution in [3.63, 3.8) is 0 Å². The van der Waals surface area contributed by atoms with Crippen LogP contribution in [0.2, 0.25) is 19.6 Å². The largest absolute Gasteiger partial charge is 0.305 e. The number of nitrogens with zero attached hydrogens (tertiary/aromatic N) is 2. The van der Waals surface area contributed by atoms with Gasteiger partial charge < -0.3 is 9.97 Å². The molecular formula is C44H42IrN2SSi-2. The van der Waals surface area contributed by atoms with Gasteiger partial charge in [-0.25, -0.2) is 0 Å². The molecule has 1 fully saturated rings. The maximum Gasteiger partial charge on any atom is 0.0795 e. The summed E-state index contributed by atoms with van der Waals surface area (Å²) >= 11 is 1.77. The van der Waals surface area contributed by atoms with E-state index < -0.39 is 14.4 Å². The topological polar surface area (TPSA) is 25.8 Å². The van der Waals surface area contributed by atoms with E-state index in [-0.39, 0.29) is 26.0 Å². The maximum absolute atomic E-state index is 8.91. The number of pyridine rings is 2. The zero-order valence-corrected chi connectivity index (χ0v) is 32.5. The Morgan fingerprint density at radius 2 is 1.57 bits per heavy atom. The van der Waals surface area contributed by atoms with Gasteiger partial charge in [-0.15, -0.1) is 59.7 Å². The molecule has 0 N–H and O–H groups in total. The summed E-state index contributed by atoms with van der Waals surface area (Å²) in [6.07, 6.45) is 7.85. The molecule has 3 aromatic heterocycles. The molecule has 0 amide bonds. The smallest absolute Gasteiger partial charge is 0.0795 e. The molecule has 0 atom stereocenters. The molecule has 3 heterocycles. The first-order valence-corrected chi connectivity index (χ1v) is 21.3. The Bertz CT molecular complexity index is 2210. The van der Waals surface area contributed by atoms with Gasteiger partial charge in [0, 0.05) is 39.9 Å². The first kappa shape index (κ1) is 32.5. The number of aromatic nitrogens is 2. The molecule has 7 aromatic rings. The molecule has 1 saturated carbocycles. The molecule has 4 aromatic carbocycles. The van der Waals surface area contributed by atoms with Crippen LogP contribution < -0.4 is 5.19 Å². The Morgan fingerprint density at radius 3 is 2.31 bits per heavy atom. The van der Waals surface area contributed by atoms with Crippen LogP contribution in [0.4, 0.5) is 0 Å². The van der Waals surface area contributed by atoms with Crippen LogP contribution in [-0.2, 0) is 26.5 Å². The fraction of sp³-hybridized carbons (Fsp3) is 0.227. The zero-order chi connectivity index (χ0) is 34.7. The van der Waals surface area contributed by atoms with Crippen molar-refractivity contribution in [1.29, 1.82) is 0 Å². The third-order valence-electron chi connectivity index (χ3n) is 9.15. The summed E-state index contributed by atoms with van der Waals surface area (Å²) in [4.78, 5) is 9.18. The van der Waals surface area contributed by atoms with Crippen molar-refractivity contribution in [3.05, 3.63) is 139 Å². The standard InChI is InChI=1S/C30H26NS.C14H16NSi.Ir/c1-3-8-21(9-4-1)18-22-16-17-31-28(19-22)27-13-7-12-26-25-15-14-24(20-29(25)32-30(26)27)23-10-5-2-6-11-23;1-16(2,3)13-9-10-14(15-11-13)12-7-5-4-6-8-12;/h2,5-7,10-12,14-17,19-21H,1,3-4,8-9,18H2;4-7,9-11H,1-3H3;/q2*-1;/i18D2;;. The van der Waals surface area contributed by atoms with Crippen molar-refractivity contribution in [1.82, 2.24) is 9.97 Å². The van der Waals surface area contributed by atoms with Crippen molar-refractivity contribution in [2.75, 3.05) is 0 Å². The van der Waals surface area contributed by atoms with E-state index in [1.165, 1.54) is 38.2 Å². The summed E-state index contributed by atoms with van der Waals surface area (Å²) in [5.74, 6) is 0.0806. The SMILES string of the molecule is C[Si](C)(C)c1ccc(-c2[c-]cccc2)nc1.[2H]C([2H])(c1ccnc(-c2[c-]ccc3c2sc2cc(-c4ccccc4)ccc23)c1)C1CCCCC1.[Ir]. The Kier molecular flexibility index (Phi) is 10.5. The van der Waals surface area contributed by atoms with Crippen molar-refractivity contribution < 1.29 is 22.8 Å². The number of rotatable bonds is 6. The van der Waals surface area contributed by atoms with E-state index in [1.807, 2.05) is 54.7 Å². The third-order valence-corrected chi connectivity index (χ3v) is 12.4. The van der Waals surface area contributed by atoms with Crippen molar-refractivity contribution in [2.45, 2.75) is 58.1 Å². The van der Waals surface area contributed by atoms with Crippen LogP contribution in [0.1, 0.15) is 40.4 Å². The molecule has 0 aliphatic heterocycles. The summed E-state index contributed by atoms with van der Waals surface area (Å²) in [6, 6.07) is 43.9. The van der Waals surface area contributed by atoms with Crippen LogP contribution >= 0.6 is 11.3 Å². The first-order valence-electron chi connectivity index (χ1n) is 18.0.